The molecule has 0 bridgehead atoms. The van der Waals surface area contributed by atoms with Crippen molar-refractivity contribution in [2.24, 2.45) is 4.99 Å². The zero-order valence-corrected chi connectivity index (χ0v) is 19.0. The largest absolute Gasteiger partial charge is 0.497 e. The van der Waals surface area contributed by atoms with Crippen molar-refractivity contribution in [3.8, 4) is 5.75 Å². The highest BCUT2D eigenvalue weighted by Gasteiger charge is 2.34. The number of anilines is 2. The molecule has 2 heterocycles. The maximum absolute atomic E-state index is 13.2. The summed E-state index contributed by atoms with van der Waals surface area (Å²) >= 11 is 1.22. The fourth-order valence-corrected chi connectivity index (χ4v) is 4.06. The maximum atomic E-state index is 13.2. The minimum Gasteiger partial charge on any atom is -0.497 e. The molecule has 33 heavy (non-hydrogen) atoms. The molecule has 2 amide bonds. The van der Waals surface area contributed by atoms with E-state index in [2.05, 4.69) is 15.3 Å². The molecule has 1 atom stereocenters. The number of amidine groups is 1. The van der Waals surface area contributed by atoms with Crippen molar-refractivity contribution in [3.63, 3.8) is 0 Å². The number of hydrogen-bond acceptors (Lipinski definition) is 6. The van der Waals surface area contributed by atoms with E-state index in [-0.39, 0.29) is 17.5 Å². The highest BCUT2D eigenvalue weighted by Crippen LogP contribution is 2.31. The predicted octanol–water partition coefficient (Wildman–Crippen LogP) is 4.59. The molecule has 2 aromatic carbocycles. The van der Waals surface area contributed by atoms with E-state index < -0.39 is 5.25 Å². The molecule has 4 rings (SSSR count). The van der Waals surface area contributed by atoms with Gasteiger partial charge >= 0.3 is 0 Å². The van der Waals surface area contributed by atoms with Crippen molar-refractivity contribution < 1.29 is 14.3 Å². The van der Waals surface area contributed by atoms with Gasteiger partial charge < -0.3 is 10.1 Å². The fourth-order valence-electron chi connectivity index (χ4n) is 3.14. The van der Waals surface area contributed by atoms with E-state index in [1.54, 1.807) is 56.6 Å². The van der Waals surface area contributed by atoms with Gasteiger partial charge in [0.05, 0.1) is 23.7 Å². The summed E-state index contributed by atoms with van der Waals surface area (Å²) in [6.07, 6.45) is 3.30. The molecule has 1 aliphatic heterocycles. The predicted molar refractivity (Wildman–Crippen MR) is 132 cm³/mol. The van der Waals surface area contributed by atoms with Crippen LogP contribution in [-0.4, -0.2) is 34.3 Å². The van der Waals surface area contributed by atoms with Crippen LogP contribution in [0.1, 0.15) is 12.6 Å². The quantitative estimate of drug-likeness (QED) is 0.546. The normalized spacial score (nSPS) is 15.3. The van der Waals surface area contributed by atoms with Crippen molar-refractivity contribution in [2.45, 2.75) is 12.2 Å². The Hall–Kier alpha value is -3.91. The highest BCUT2D eigenvalue weighted by molar-refractivity contribution is 8.15. The van der Waals surface area contributed by atoms with E-state index in [0.29, 0.717) is 28.0 Å². The third-order valence-electron chi connectivity index (χ3n) is 4.81. The van der Waals surface area contributed by atoms with E-state index in [1.165, 1.54) is 16.7 Å². The van der Waals surface area contributed by atoms with E-state index in [4.69, 9.17) is 4.74 Å². The van der Waals surface area contributed by atoms with Gasteiger partial charge in [0.2, 0.25) is 5.91 Å². The second kappa shape index (κ2) is 10.1. The molecule has 1 unspecified atom stereocenters. The molecule has 0 aliphatic carbocycles. The Bertz CT molecular complexity index is 1210. The number of thioether (sulfide) groups is 1. The third-order valence-corrected chi connectivity index (χ3v) is 5.86. The lowest BCUT2D eigenvalue weighted by atomic mass is 10.2. The summed E-state index contributed by atoms with van der Waals surface area (Å²) in [6.45, 7) is 1.77. The van der Waals surface area contributed by atoms with Crippen molar-refractivity contribution in [1.82, 2.24) is 4.98 Å². The lowest BCUT2D eigenvalue weighted by Gasteiger charge is -2.20. The fraction of sp³-hybridized carbons (Fsp3) is 0.120. The average Bonchev–Trinajstić information content (AvgIpc) is 3.14. The van der Waals surface area contributed by atoms with Crippen molar-refractivity contribution in [3.05, 3.63) is 90.4 Å². The number of benzene rings is 2. The van der Waals surface area contributed by atoms with Crippen molar-refractivity contribution in [1.29, 1.82) is 0 Å². The van der Waals surface area contributed by atoms with Gasteiger partial charge in [0.25, 0.3) is 5.91 Å². The number of ether oxygens (including phenoxy) is 1. The Labute approximate surface area is 196 Å². The number of aliphatic imine (C=N–C) groups is 1. The molecular weight excluding hydrogens is 436 g/mol. The summed E-state index contributed by atoms with van der Waals surface area (Å²) < 4.78 is 5.21. The first-order valence-corrected chi connectivity index (χ1v) is 11.2. The van der Waals surface area contributed by atoms with Gasteiger partial charge in [-0.3, -0.25) is 19.5 Å². The van der Waals surface area contributed by atoms with Crippen LogP contribution < -0.4 is 15.0 Å². The molecule has 1 aliphatic rings. The summed E-state index contributed by atoms with van der Waals surface area (Å²) in [5.41, 5.74) is 2.21. The molecule has 0 saturated carbocycles. The number of pyridine rings is 1. The van der Waals surface area contributed by atoms with Crippen LogP contribution >= 0.6 is 11.8 Å². The number of para-hydroxylation sites is 1. The Morgan fingerprint density at radius 2 is 1.88 bits per heavy atom. The monoisotopic (exact) mass is 458 g/mol. The molecule has 1 aromatic heterocycles. The third kappa shape index (κ3) is 5.30. The second-order valence-electron chi connectivity index (χ2n) is 7.14. The highest BCUT2D eigenvalue weighted by atomic mass is 32.2. The molecule has 8 heteroatoms. The SMILES string of the molecule is COc1cccc(NC(=O)C(C)SC2=N/C(=C/c3ccccn3)C(=O)N2c2ccccc2)c1. The summed E-state index contributed by atoms with van der Waals surface area (Å²) in [6, 6.07) is 21.8. The Morgan fingerprint density at radius 1 is 1.09 bits per heavy atom. The first kappa shape index (κ1) is 22.3. The number of hydrogen-bond donors (Lipinski definition) is 1. The molecule has 0 radical (unpaired) electrons. The zero-order chi connectivity index (χ0) is 23.2. The molecule has 1 N–H and O–H groups in total. The van der Waals surface area contributed by atoms with Crippen molar-refractivity contribution >= 4 is 46.2 Å². The Morgan fingerprint density at radius 3 is 2.61 bits per heavy atom. The lowest BCUT2D eigenvalue weighted by molar-refractivity contribution is -0.115. The maximum Gasteiger partial charge on any atom is 0.283 e. The molecule has 0 saturated heterocycles. The Balaban J connectivity index is 1.58. The number of nitrogens with zero attached hydrogens (tertiary/aromatic N) is 3. The summed E-state index contributed by atoms with van der Waals surface area (Å²) in [5, 5.41) is 2.81. The van der Waals surface area contributed by atoms with Crippen molar-refractivity contribution in [2.75, 3.05) is 17.3 Å². The van der Waals surface area contributed by atoms with Crippen LogP contribution in [-0.2, 0) is 9.59 Å². The minimum atomic E-state index is -0.511. The number of carbonyl (C=O) groups excluding carboxylic acids is 2. The minimum absolute atomic E-state index is 0.210. The first-order chi connectivity index (χ1) is 16.0. The number of rotatable bonds is 6. The molecule has 0 spiro atoms. The summed E-state index contributed by atoms with van der Waals surface area (Å²) in [7, 11) is 1.57. The van der Waals surface area contributed by atoms with Gasteiger partial charge in [-0.15, -0.1) is 0 Å². The zero-order valence-electron chi connectivity index (χ0n) is 18.1. The van der Waals surface area contributed by atoms with Crippen LogP contribution in [0.15, 0.2) is 89.7 Å². The summed E-state index contributed by atoms with van der Waals surface area (Å²) in [4.78, 5) is 36.4. The molecule has 3 aromatic rings. The van der Waals surface area contributed by atoms with Gasteiger partial charge in [-0.1, -0.05) is 42.1 Å². The topological polar surface area (TPSA) is 83.9 Å². The van der Waals surface area contributed by atoms with Crippen LogP contribution in [0.2, 0.25) is 0 Å². The van der Waals surface area contributed by atoms with Crippen LogP contribution in [0.4, 0.5) is 11.4 Å². The van der Waals surface area contributed by atoms with Gasteiger partial charge in [-0.25, -0.2) is 4.99 Å². The smallest absolute Gasteiger partial charge is 0.283 e. The van der Waals surface area contributed by atoms with E-state index in [9.17, 15) is 9.59 Å². The second-order valence-corrected chi connectivity index (χ2v) is 8.44. The van der Waals surface area contributed by atoms with Gasteiger partial charge in [0.15, 0.2) is 5.17 Å². The van der Waals surface area contributed by atoms with Crippen LogP contribution in [0.3, 0.4) is 0 Å². The van der Waals surface area contributed by atoms with Crippen LogP contribution in [0.5, 0.6) is 5.75 Å². The molecule has 0 fully saturated rings. The Kier molecular flexibility index (Phi) is 6.85. The van der Waals surface area contributed by atoms with Gasteiger partial charge in [0.1, 0.15) is 11.4 Å². The number of carbonyl (C=O) groups is 2. The molecule has 7 nitrogen and oxygen atoms in total. The van der Waals surface area contributed by atoms with E-state index >= 15 is 0 Å². The van der Waals surface area contributed by atoms with Crippen LogP contribution in [0, 0.1) is 0 Å². The van der Waals surface area contributed by atoms with Gasteiger partial charge in [0, 0.05) is 18.0 Å². The van der Waals surface area contributed by atoms with Gasteiger partial charge in [-0.05, 0) is 49.4 Å². The number of amides is 2. The standard InChI is InChI=1S/C25H22N4O3S/c1-17(23(30)27-19-10-8-13-21(15-19)32-2)33-25-28-22(16-18-9-6-7-14-26-18)24(31)29(25)20-11-4-3-5-12-20/h3-17H,1-2H3,(H,27,30)/b22-16+. The van der Waals surface area contributed by atoms with E-state index in [1.807, 2.05) is 42.5 Å². The number of methoxy groups -OCH3 is 1. The number of nitrogens with one attached hydrogen (secondary N) is 1. The van der Waals surface area contributed by atoms with E-state index in [0.717, 1.165) is 0 Å². The number of aromatic nitrogens is 1. The van der Waals surface area contributed by atoms with Crippen LogP contribution in [0.25, 0.3) is 6.08 Å². The average molecular weight is 459 g/mol. The molecular formula is C25H22N4O3S. The summed E-state index contributed by atoms with van der Waals surface area (Å²) in [5.74, 6) is 0.173. The first-order valence-electron chi connectivity index (χ1n) is 10.3. The molecule has 166 valence electrons. The lowest BCUT2D eigenvalue weighted by Crippen LogP contribution is -2.33. The van der Waals surface area contributed by atoms with Gasteiger partial charge in [-0.2, -0.15) is 0 Å².